The minimum atomic E-state index is -0.359. The Morgan fingerprint density at radius 2 is 2.46 bits per heavy atom. The molecule has 1 atom stereocenters. The van der Waals surface area contributed by atoms with Crippen molar-refractivity contribution >= 4 is 5.91 Å². The molecule has 0 saturated heterocycles. The Hall–Kier alpha value is -1.42. The van der Waals surface area contributed by atoms with E-state index in [0.29, 0.717) is 0 Å². The number of nitrogens with zero attached hydrogens (tertiary/aromatic N) is 1. The average Bonchev–Trinajstić information content (AvgIpc) is 2.15. The van der Waals surface area contributed by atoms with Crippen LogP contribution in [0.4, 0.5) is 0 Å². The van der Waals surface area contributed by atoms with E-state index >= 15 is 0 Å². The molecule has 0 saturated carbocycles. The van der Waals surface area contributed by atoms with Crippen LogP contribution >= 0.6 is 0 Å². The van der Waals surface area contributed by atoms with Crippen molar-refractivity contribution in [2.75, 3.05) is 6.54 Å². The molecule has 1 heterocycles. The highest BCUT2D eigenvalue weighted by molar-refractivity contribution is 5.75. The molecular weight excluding hydrogens is 166 g/mol. The number of rotatable bonds is 4. The fourth-order valence-corrected chi connectivity index (χ4v) is 0.990. The van der Waals surface area contributed by atoms with E-state index in [9.17, 15) is 4.79 Å². The summed E-state index contributed by atoms with van der Waals surface area (Å²) in [6.07, 6.45) is 1.72. The smallest absolute Gasteiger partial charge is 0.231 e. The van der Waals surface area contributed by atoms with Crippen molar-refractivity contribution in [2.24, 2.45) is 5.73 Å². The molecule has 0 aliphatic carbocycles. The largest absolute Gasteiger partial charge is 0.369 e. The molecule has 0 aromatic carbocycles. The third kappa shape index (κ3) is 3.21. The zero-order chi connectivity index (χ0) is 9.68. The molecule has 1 aromatic heterocycles. The normalized spacial score (nSPS) is 12.4. The number of carbonyl (C=O) groups excluding carboxylic acids is 1. The van der Waals surface area contributed by atoms with Gasteiger partial charge < -0.3 is 11.1 Å². The highest BCUT2D eigenvalue weighted by Crippen LogP contribution is 2.06. The number of nitrogens with one attached hydrogen (secondary N) is 1. The van der Waals surface area contributed by atoms with Crippen LogP contribution in [-0.4, -0.2) is 17.4 Å². The summed E-state index contributed by atoms with van der Waals surface area (Å²) in [4.78, 5) is 14.6. The van der Waals surface area contributed by atoms with Gasteiger partial charge in [0.2, 0.25) is 5.91 Å². The van der Waals surface area contributed by atoms with Crippen LogP contribution in [0.5, 0.6) is 0 Å². The molecule has 0 spiro atoms. The highest BCUT2D eigenvalue weighted by Gasteiger charge is 2.05. The van der Waals surface area contributed by atoms with Crippen molar-refractivity contribution in [3.8, 4) is 0 Å². The molecule has 0 radical (unpaired) electrons. The molecule has 4 heteroatoms. The Morgan fingerprint density at radius 3 is 3.00 bits per heavy atom. The topological polar surface area (TPSA) is 68.0 Å². The molecule has 13 heavy (non-hydrogen) atoms. The predicted molar refractivity (Wildman–Crippen MR) is 49.8 cm³/mol. The molecular formula is C9H13N3O. The Bertz CT molecular complexity index is 273. The summed E-state index contributed by atoms with van der Waals surface area (Å²) in [6.45, 7) is 2.11. The van der Waals surface area contributed by atoms with E-state index in [-0.39, 0.29) is 18.5 Å². The van der Waals surface area contributed by atoms with Crippen LogP contribution in [0.1, 0.15) is 18.7 Å². The van der Waals surface area contributed by atoms with E-state index in [1.165, 1.54) is 0 Å². The molecule has 70 valence electrons. The minimum Gasteiger partial charge on any atom is -0.369 e. The van der Waals surface area contributed by atoms with E-state index < -0.39 is 0 Å². The predicted octanol–water partition coefficient (Wildman–Crippen LogP) is 0.217. The molecule has 3 N–H and O–H groups in total. The van der Waals surface area contributed by atoms with Crippen LogP contribution < -0.4 is 11.1 Å². The number of pyridine rings is 1. The zero-order valence-corrected chi connectivity index (χ0v) is 7.53. The molecule has 1 amide bonds. The summed E-state index contributed by atoms with van der Waals surface area (Å²) in [5, 5.41) is 2.96. The first-order valence-electron chi connectivity index (χ1n) is 4.13. The Balaban J connectivity index is 2.49. The number of hydrogen-bond acceptors (Lipinski definition) is 3. The van der Waals surface area contributed by atoms with Gasteiger partial charge in [-0.1, -0.05) is 6.07 Å². The minimum absolute atomic E-state index is 0.0497. The van der Waals surface area contributed by atoms with Crippen LogP contribution in [0.25, 0.3) is 0 Å². The molecule has 0 fully saturated rings. The first-order valence-corrected chi connectivity index (χ1v) is 4.13. The third-order valence-electron chi connectivity index (χ3n) is 1.71. The Kier molecular flexibility index (Phi) is 3.40. The van der Waals surface area contributed by atoms with Gasteiger partial charge in [0.15, 0.2) is 0 Å². The van der Waals surface area contributed by atoms with Gasteiger partial charge in [0, 0.05) is 12.2 Å². The monoisotopic (exact) mass is 179 g/mol. The summed E-state index contributed by atoms with van der Waals surface area (Å²) in [5.41, 5.74) is 5.90. The fraction of sp³-hybridized carbons (Fsp3) is 0.333. The van der Waals surface area contributed by atoms with Crippen LogP contribution in [0.2, 0.25) is 0 Å². The third-order valence-corrected chi connectivity index (χ3v) is 1.71. The van der Waals surface area contributed by atoms with Crippen molar-refractivity contribution in [3.05, 3.63) is 30.1 Å². The lowest BCUT2D eigenvalue weighted by molar-refractivity contribution is -0.117. The molecule has 0 aliphatic heterocycles. The van der Waals surface area contributed by atoms with E-state index in [0.717, 1.165) is 5.69 Å². The second-order valence-electron chi connectivity index (χ2n) is 2.82. The molecule has 0 bridgehead atoms. The van der Waals surface area contributed by atoms with Gasteiger partial charge in [-0.25, -0.2) is 0 Å². The number of nitrogens with two attached hydrogens (primary N) is 1. The van der Waals surface area contributed by atoms with Crippen LogP contribution in [0, 0.1) is 0 Å². The maximum Gasteiger partial charge on any atom is 0.231 e. The van der Waals surface area contributed by atoms with Gasteiger partial charge in [-0.15, -0.1) is 0 Å². The molecule has 1 aromatic rings. The van der Waals surface area contributed by atoms with Crippen molar-refractivity contribution in [1.29, 1.82) is 0 Å². The fourth-order valence-electron chi connectivity index (χ4n) is 0.990. The molecule has 0 aliphatic rings. The standard InChI is InChI=1S/C9H13N3O/c1-7(12-6-9(10)13)8-4-2-3-5-11-8/h2-5,7,12H,6H2,1H3,(H2,10,13)/t7-/m0/s1. The lowest BCUT2D eigenvalue weighted by atomic mass is 10.2. The van der Waals surface area contributed by atoms with Gasteiger partial charge in [-0.2, -0.15) is 0 Å². The van der Waals surface area contributed by atoms with Gasteiger partial charge in [0.25, 0.3) is 0 Å². The molecule has 0 unspecified atom stereocenters. The summed E-state index contributed by atoms with van der Waals surface area (Å²) < 4.78 is 0. The Labute approximate surface area is 77.2 Å². The van der Waals surface area contributed by atoms with E-state index in [2.05, 4.69) is 10.3 Å². The van der Waals surface area contributed by atoms with Crippen molar-refractivity contribution in [3.63, 3.8) is 0 Å². The second kappa shape index (κ2) is 4.57. The van der Waals surface area contributed by atoms with Gasteiger partial charge in [-0.3, -0.25) is 9.78 Å². The lowest BCUT2D eigenvalue weighted by Gasteiger charge is -2.10. The van der Waals surface area contributed by atoms with E-state index in [1.807, 2.05) is 25.1 Å². The summed E-state index contributed by atoms with van der Waals surface area (Å²) >= 11 is 0. The second-order valence-corrected chi connectivity index (χ2v) is 2.82. The van der Waals surface area contributed by atoms with Gasteiger partial charge in [-0.05, 0) is 19.1 Å². The van der Waals surface area contributed by atoms with Crippen LogP contribution in [0.3, 0.4) is 0 Å². The number of amides is 1. The first kappa shape index (κ1) is 9.67. The van der Waals surface area contributed by atoms with Crippen molar-refractivity contribution in [1.82, 2.24) is 10.3 Å². The Morgan fingerprint density at radius 1 is 1.69 bits per heavy atom. The zero-order valence-electron chi connectivity index (χ0n) is 7.53. The number of hydrogen-bond donors (Lipinski definition) is 2. The maximum absolute atomic E-state index is 10.5. The van der Waals surface area contributed by atoms with Crippen LogP contribution in [-0.2, 0) is 4.79 Å². The van der Waals surface area contributed by atoms with E-state index in [4.69, 9.17) is 5.73 Å². The number of primary amides is 1. The number of carbonyl (C=O) groups is 1. The van der Waals surface area contributed by atoms with Gasteiger partial charge in [0.05, 0.1) is 12.2 Å². The average molecular weight is 179 g/mol. The first-order chi connectivity index (χ1) is 6.20. The van der Waals surface area contributed by atoms with Crippen molar-refractivity contribution < 1.29 is 4.79 Å². The van der Waals surface area contributed by atoms with Gasteiger partial charge >= 0.3 is 0 Å². The molecule has 1 rings (SSSR count). The lowest BCUT2D eigenvalue weighted by Crippen LogP contribution is -2.30. The summed E-state index contributed by atoms with van der Waals surface area (Å²) in [5.74, 6) is -0.359. The van der Waals surface area contributed by atoms with Crippen LogP contribution in [0.15, 0.2) is 24.4 Å². The van der Waals surface area contributed by atoms with Crippen molar-refractivity contribution in [2.45, 2.75) is 13.0 Å². The highest BCUT2D eigenvalue weighted by atomic mass is 16.1. The summed E-state index contributed by atoms with van der Waals surface area (Å²) in [6, 6.07) is 5.71. The van der Waals surface area contributed by atoms with Gasteiger partial charge in [0.1, 0.15) is 0 Å². The summed E-state index contributed by atoms with van der Waals surface area (Å²) in [7, 11) is 0. The number of aromatic nitrogens is 1. The SMILES string of the molecule is C[C@H](NCC(N)=O)c1ccccn1. The van der Waals surface area contributed by atoms with E-state index in [1.54, 1.807) is 6.20 Å². The quantitative estimate of drug-likeness (QED) is 0.694. The molecule has 4 nitrogen and oxygen atoms in total. The maximum atomic E-state index is 10.5.